The van der Waals surface area contributed by atoms with E-state index in [0.29, 0.717) is 24.7 Å². The molecule has 7 heteroatoms. The molecule has 0 aliphatic rings. The minimum atomic E-state index is -0.0730. The number of hydrogen-bond acceptors (Lipinski definition) is 5. The number of carbonyl (C=O) groups is 1. The molecule has 2 aromatic heterocycles. The molecular formula is C14H21N5O2. The summed E-state index contributed by atoms with van der Waals surface area (Å²) in [6.07, 6.45) is 0.978. The summed E-state index contributed by atoms with van der Waals surface area (Å²) in [6, 6.07) is 1.92. The van der Waals surface area contributed by atoms with E-state index < -0.39 is 0 Å². The van der Waals surface area contributed by atoms with Crippen LogP contribution in [-0.2, 0) is 11.2 Å². The number of fused-ring (bicyclic) bond motifs is 1. The first kappa shape index (κ1) is 15.4. The number of rotatable bonds is 6. The van der Waals surface area contributed by atoms with Gasteiger partial charge in [0.1, 0.15) is 0 Å². The zero-order valence-corrected chi connectivity index (χ0v) is 12.7. The summed E-state index contributed by atoms with van der Waals surface area (Å²) < 4.78 is 1.64. The second-order valence-electron chi connectivity index (χ2n) is 5.06. The van der Waals surface area contributed by atoms with Crippen LogP contribution in [0.5, 0.6) is 0 Å². The van der Waals surface area contributed by atoms with Crippen molar-refractivity contribution in [1.29, 1.82) is 0 Å². The standard InChI is InChI=1S/C14H21N5O2/c1-4-5-18(6-7-20)13(21)9-12-16-14-15-10(2)8-11(3)19(14)17-12/h8,20H,4-7,9H2,1-3H3. The molecule has 21 heavy (non-hydrogen) atoms. The molecule has 2 rings (SSSR count). The molecule has 0 fully saturated rings. The van der Waals surface area contributed by atoms with Gasteiger partial charge in [0.15, 0.2) is 5.82 Å². The molecule has 1 amide bonds. The van der Waals surface area contributed by atoms with E-state index in [1.54, 1.807) is 9.42 Å². The number of nitrogens with zero attached hydrogens (tertiary/aromatic N) is 5. The van der Waals surface area contributed by atoms with E-state index >= 15 is 0 Å². The SMILES string of the molecule is CCCN(CCO)C(=O)Cc1nc2nc(C)cc(C)n2n1. The molecular weight excluding hydrogens is 270 g/mol. The van der Waals surface area contributed by atoms with Crippen molar-refractivity contribution >= 4 is 11.7 Å². The number of aryl methyl sites for hydroxylation is 2. The predicted octanol–water partition coefficient (Wildman–Crippen LogP) is 0.515. The van der Waals surface area contributed by atoms with Crippen LogP contribution < -0.4 is 0 Å². The fraction of sp³-hybridized carbons (Fsp3) is 0.571. The van der Waals surface area contributed by atoms with E-state index in [-0.39, 0.29) is 18.9 Å². The zero-order valence-electron chi connectivity index (χ0n) is 12.7. The monoisotopic (exact) mass is 291 g/mol. The average molecular weight is 291 g/mol. The Balaban J connectivity index is 2.19. The van der Waals surface area contributed by atoms with Gasteiger partial charge in [0, 0.05) is 24.5 Å². The van der Waals surface area contributed by atoms with Gasteiger partial charge in [0.05, 0.1) is 13.0 Å². The number of amides is 1. The van der Waals surface area contributed by atoms with Crippen LogP contribution in [0.4, 0.5) is 0 Å². The molecule has 0 radical (unpaired) electrons. The van der Waals surface area contributed by atoms with E-state index in [1.165, 1.54) is 0 Å². The minimum Gasteiger partial charge on any atom is -0.395 e. The summed E-state index contributed by atoms with van der Waals surface area (Å²) in [5.74, 6) is 0.899. The molecule has 0 atom stereocenters. The van der Waals surface area contributed by atoms with E-state index in [1.807, 2.05) is 26.8 Å². The predicted molar refractivity (Wildman–Crippen MR) is 77.9 cm³/mol. The van der Waals surface area contributed by atoms with E-state index in [4.69, 9.17) is 5.11 Å². The molecule has 0 saturated heterocycles. The third kappa shape index (κ3) is 3.55. The van der Waals surface area contributed by atoms with E-state index in [2.05, 4.69) is 15.1 Å². The summed E-state index contributed by atoms with van der Waals surface area (Å²) in [6.45, 7) is 6.76. The first-order valence-electron chi connectivity index (χ1n) is 7.13. The number of hydrogen-bond donors (Lipinski definition) is 1. The third-order valence-electron chi connectivity index (χ3n) is 3.19. The molecule has 7 nitrogen and oxygen atoms in total. The van der Waals surface area contributed by atoms with Crippen LogP contribution in [0.2, 0.25) is 0 Å². The lowest BCUT2D eigenvalue weighted by atomic mass is 10.3. The van der Waals surface area contributed by atoms with Crippen LogP contribution in [0.15, 0.2) is 6.07 Å². The number of carbonyl (C=O) groups excluding carboxylic acids is 1. The van der Waals surface area contributed by atoms with E-state index in [9.17, 15) is 4.79 Å². The Kier molecular flexibility index (Phi) is 4.85. The van der Waals surface area contributed by atoms with Crippen LogP contribution in [0.3, 0.4) is 0 Å². The third-order valence-corrected chi connectivity index (χ3v) is 3.19. The van der Waals surface area contributed by atoms with Crippen LogP contribution in [0, 0.1) is 13.8 Å². The lowest BCUT2D eigenvalue weighted by molar-refractivity contribution is -0.131. The summed E-state index contributed by atoms with van der Waals surface area (Å²) in [7, 11) is 0. The summed E-state index contributed by atoms with van der Waals surface area (Å²) >= 11 is 0. The number of aliphatic hydroxyl groups is 1. The highest BCUT2D eigenvalue weighted by atomic mass is 16.3. The van der Waals surface area contributed by atoms with Gasteiger partial charge in [-0.1, -0.05) is 6.92 Å². The van der Waals surface area contributed by atoms with Crippen molar-refractivity contribution < 1.29 is 9.90 Å². The quantitative estimate of drug-likeness (QED) is 0.838. The first-order valence-corrected chi connectivity index (χ1v) is 7.13. The van der Waals surface area contributed by atoms with Gasteiger partial charge in [0.2, 0.25) is 5.91 Å². The largest absolute Gasteiger partial charge is 0.395 e. The van der Waals surface area contributed by atoms with Gasteiger partial charge in [0.25, 0.3) is 5.78 Å². The van der Waals surface area contributed by atoms with Crippen molar-refractivity contribution in [2.45, 2.75) is 33.6 Å². The van der Waals surface area contributed by atoms with Crippen molar-refractivity contribution in [3.05, 3.63) is 23.3 Å². The Bertz CT molecular complexity index is 632. The second-order valence-corrected chi connectivity index (χ2v) is 5.06. The van der Waals surface area contributed by atoms with Gasteiger partial charge >= 0.3 is 0 Å². The van der Waals surface area contributed by atoms with Crippen LogP contribution in [0.25, 0.3) is 5.78 Å². The Labute approximate surface area is 123 Å². The smallest absolute Gasteiger partial charge is 0.252 e. The maximum Gasteiger partial charge on any atom is 0.252 e. The Morgan fingerprint density at radius 1 is 1.33 bits per heavy atom. The Morgan fingerprint density at radius 2 is 2.10 bits per heavy atom. The van der Waals surface area contributed by atoms with Gasteiger partial charge < -0.3 is 10.0 Å². The molecule has 114 valence electrons. The molecule has 0 aromatic carbocycles. The van der Waals surface area contributed by atoms with Gasteiger partial charge in [-0.15, -0.1) is 5.10 Å². The molecule has 0 saturated carbocycles. The molecule has 0 aliphatic heterocycles. The fourth-order valence-corrected chi connectivity index (χ4v) is 2.28. The lowest BCUT2D eigenvalue weighted by Crippen LogP contribution is -2.35. The normalized spacial score (nSPS) is 11.0. The van der Waals surface area contributed by atoms with Crippen molar-refractivity contribution in [2.75, 3.05) is 19.7 Å². The van der Waals surface area contributed by atoms with Crippen molar-refractivity contribution in [1.82, 2.24) is 24.5 Å². The Hall–Kier alpha value is -2.02. The lowest BCUT2D eigenvalue weighted by Gasteiger charge is -2.20. The fourth-order valence-electron chi connectivity index (χ4n) is 2.28. The maximum atomic E-state index is 12.2. The van der Waals surface area contributed by atoms with Crippen LogP contribution in [0.1, 0.15) is 30.6 Å². The first-order chi connectivity index (χ1) is 10.0. The Morgan fingerprint density at radius 3 is 2.76 bits per heavy atom. The molecule has 2 heterocycles. The average Bonchev–Trinajstić information content (AvgIpc) is 2.81. The molecule has 0 spiro atoms. The van der Waals surface area contributed by atoms with Gasteiger partial charge in [-0.2, -0.15) is 4.98 Å². The molecule has 0 bridgehead atoms. The van der Waals surface area contributed by atoms with Crippen molar-refractivity contribution in [3.8, 4) is 0 Å². The number of aromatic nitrogens is 4. The highest BCUT2D eigenvalue weighted by molar-refractivity contribution is 5.78. The van der Waals surface area contributed by atoms with Crippen LogP contribution >= 0.6 is 0 Å². The summed E-state index contributed by atoms with van der Waals surface area (Å²) in [5.41, 5.74) is 1.81. The molecule has 0 aliphatic carbocycles. The van der Waals surface area contributed by atoms with Gasteiger partial charge in [-0.25, -0.2) is 9.50 Å². The van der Waals surface area contributed by atoms with Crippen molar-refractivity contribution in [3.63, 3.8) is 0 Å². The highest BCUT2D eigenvalue weighted by Gasteiger charge is 2.16. The second kappa shape index (κ2) is 6.62. The molecule has 1 N–H and O–H groups in total. The van der Waals surface area contributed by atoms with Gasteiger partial charge in [-0.05, 0) is 26.3 Å². The van der Waals surface area contributed by atoms with Crippen molar-refractivity contribution in [2.24, 2.45) is 0 Å². The summed E-state index contributed by atoms with van der Waals surface area (Å²) in [4.78, 5) is 22.5. The minimum absolute atomic E-state index is 0.0375. The van der Waals surface area contributed by atoms with Crippen LogP contribution in [-0.4, -0.2) is 55.2 Å². The molecule has 2 aromatic rings. The summed E-state index contributed by atoms with van der Waals surface area (Å²) in [5, 5.41) is 13.3. The zero-order chi connectivity index (χ0) is 15.4. The van der Waals surface area contributed by atoms with E-state index in [0.717, 1.165) is 17.8 Å². The topological polar surface area (TPSA) is 83.6 Å². The number of aliphatic hydroxyl groups excluding tert-OH is 1. The van der Waals surface area contributed by atoms with Gasteiger partial charge in [-0.3, -0.25) is 4.79 Å². The molecule has 0 unspecified atom stereocenters. The maximum absolute atomic E-state index is 12.2. The highest BCUT2D eigenvalue weighted by Crippen LogP contribution is 2.07.